The molecule has 2 aromatic rings. The first-order valence-corrected chi connectivity index (χ1v) is 11.1. The number of rotatable bonds is 8. The minimum absolute atomic E-state index is 0.0791. The second-order valence-electron chi connectivity index (χ2n) is 6.29. The lowest BCUT2D eigenvalue weighted by atomic mass is 10.1. The van der Waals surface area contributed by atoms with Gasteiger partial charge in [0.2, 0.25) is 15.9 Å². The van der Waals surface area contributed by atoms with Crippen molar-refractivity contribution in [3.05, 3.63) is 53.7 Å². The third kappa shape index (κ3) is 5.79. The van der Waals surface area contributed by atoms with E-state index >= 15 is 0 Å². The highest BCUT2D eigenvalue weighted by molar-refractivity contribution is 7.99. The Hall–Kier alpha value is -1.90. The van der Waals surface area contributed by atoms with Crippen molar-refractivity contribution in [3.63, 3.8) is 0 Å². The average molecular weight is 408 g/mol. The molecule has 8 heteroatoms. The van der Waals surface area contributed by atoms with Crippen molar-refractivity contribution in [1.29, 1.82) is 0 Å². The summed E-state index contributed by atoms with van der Waals surface area (Å²) >= 11 is 1.27. The molecule has 0 fully saturated rings. The van der Waals surface area contributed by atoms with Gasteiger partial charge in [-0.2, -0.15) is 0 Å². The van der Waals surface area contributed by atoms with Gasteiger partial charge in [-0.25, -0.2) is 17.7 Å². The Bertz CT molecular complexity index is 864. The monoisotopic (exact) mass is 407 g/mol. The summed E-state index contributed by atoms with van der Waals surface area (Å²) in [6.07, 6.45) is 2.30. The summed E-state index contributed by atoms with van der Waals surface area (Å²) in [4.78, 5) is 16.4. The van der Waals surface area contributed by atoms with E-state index in [1.807, 2.05) is 19.1 Å². The van der Waals surface area contributed by atoms with E-state index in [0.29, 0.717) is 5.03 Å². The largest absolute Gasteiger partial charge is 0.349 e. The van der Waals surface area contributed by atoms with Crippen LogP contribution in [0.5, 0.6) is 0 Å². The maximum Gasteiger partial charge on any atom is 0.244 e. The van der Waals surface area contributed by atoms with Crippen LogP contribution >= 0.6 is 11.8 Å². The Labute approximate surface area is 165 Å². The van der Waals surface area contributed by atoms with Crippen LogP contribution in [0.15, 0.2) is 52.5 Å². The molecule has 1 heterocycles. The van der Waals surface area contributed by atoms with E-state index < -0.39 is 10.0 Å². The van der Waals surface area contributed by atoms with Crippen molar-refractivity contribution in [1.82, 2.24) is 14.6 Å². The summed E-state index contributed by atoms with van der Waals surface area (Å²) < 4.78 is 25.2. The molecule has 0 aliphatic carbocycles. The number of carbonyl (C=O) groups excluding carboxylic acids is 1. The molecule has 0 radical (unpaired) electrons. The topological polar surface area (TPSA) is 79.4 Å². The van der Waals surface area contributed by atoms with E-state index in [1.165, 1.54) is 43.7 Å². The van der Waals surface area contributed by atoms with E-state index in [2.05, 4.69) is 29.4 Å². The van der Waals surface area contributed by atoms with Crippen molar-refractivity contribution < 1.29 is 13.2 Å². The highest BCUT2D eigenvalue weighted by Crippen LogP contribution is 2.19. The van der Waals surface area contributed by atoms with Gasteiger partial charge in [0.05, 0.1) is 16.8 Å². The van der Waals surface area contributed by atoms with Gasteiger partial charge < -0.3 is 5.32 Å². The minimum Gasteiger partial charge on any atom is -0.349 e. The summed E-state index contributed by atoms with van der Waals surface area (Å²) in [5.41, 5.74) is 2.32. The van der Waals surface area contributed by atoms with Gasteiger partial charge in [-0.15, -0.1) is 0 Å². The highest BCUT2D eigenvalue weighted by Gasteiger charge is 2.17. The molecule has 0 bridgehead atoms. The first kappa shape index (κ1) is 21.4. The minimum atomic E-state index is -3.49. The zero-order valence-corrected chi connectivity index (χ0v) is 17.6. The molecular weight excluding hydrogens is 382 g/mol. The van der Waals surface area contributed by atoms with E-state index in [-0.39, 0.29) is 22.6 Å². The SMILES string of the molecule is CCc1ccc([C@@H](C)NC(=O)CSc2ccc(S(=O)(=O)N(C)C)cn2)cc1. The fourth-order valence-corrected chi connectivity index (χ4v) is 3.86. The quantitative estimate of drug-likeness (QED) is 0.681. The number of pyridine rings is 1. The molecule has 1 N–H and O–H groups in total. The van der Waals surface area contributed by atoms with Gasteiger partial charge in [0.15, 0.2) is 0 Å². The molecule has 1 amide bonds. The lowest BCUT2D eigenvalue weighted by Gasteiger charge is -2.15. The van der Waals surface area contributed by atoms with Crippen LogP contribution < -0.4 is 5.32 Å². The van der Waals surface area contributed by atoms with Gasteiger partial charge in [0.1, 0.15) is 4.90 Å². The van der Waals surface area contributed by atoms with E-state index in [9.17, 15) is 13.2 Å². The first-order valence-electron chi connectivity index (χ1n) is 8.63. The van der Waals surface area contributed by atoms with Crippen LogP contribution in [0, 0.1) is 0 Å². The Kier molecular flexibility index (Phi) is 7.41. The van der Waals surface area contributed by atoms with Gasteiger partial charge in [-0.1, -0.05) is 43.0 Å². The van der Waals surface area contributed by atoms with Gasteiger partial charge >= 0.3 is 0 Å². The van der Waals surface area contributed by atoms with Crippen molar-refractivity contribution in [2.75, 3.05) is 19.8 Å². The Morgan fingerprint density at radius 3 is 2.37 bits per heavy atom. The molecular formula is C19H25N3O3S2. The van der Waals surface area contributed by atoms with E-state index in [4.69, 9.17) is 0 Å². The van der Waals surface area contributed by atoms with Gasteiger partial charge in [-0.3, -0.25) is 4.79 Å². The van der Waals surface area contributed by atoms with Gasteiger partial charge in [0.25, 0.3) is 0 Å². The van der Waals surface area contributed by atoms with Crippen LogP contribution in [0.25, 0.3) is 0 Å². The van der Waals surface area contributed by atoms with Gasteiger partial charge in [0, 0.05) is 20.3 Å². The number of hydrogen-bond donors (Lipinski definition) is 1. The maximum absolute atomic E-state index is 12.2. The van der Waals surface area contributed by atoms with Crippen molar-refractivity contribution in [2.24, 2.45) is 0 Å². The molecule has 0 aliphatic heterocycles. The fraction of sp³-hybridized carbons (Fsp3) is 0.368. The summed E-state index contributed by atoms with van der Waals surface area (Å²) in [6.45, 7) is 4.05. The van der Waals surface area contributed by atoms with E-state index in [1.54, 1.807) is 6.07 Å². The fourth-order valence-electron chi connectivity index (χ4n) is 2.36. The van der Waals surface area contributed by atoms with Gasteiger partial charge in [-0.05, 0) is 36.6 Å². The number of nitrogens with zero attached hydrogens (tertiary/aromatic N) is 2. The zero-order chi connectivity index (χ0) is 20.0. The van der Waals surface area contributed by atoms with Crippen LogP contribution in [0.2, 0.25) is 0 Å². The summed E-state index contributed by atoms with van der Waals surface area (Å²) in [6, 6.07) is 11.2. The molecule has 2 rings (SSSR count). The molecule has 0 saturated carbocycles. The first-order chi connectivity index (χ1) is 12.7. The zero-order valence-electron chi connectivity index (χ0n) is 16.0. The average Bonchev–Trinajstić information content (AvgIpc) is 2.66. The van der Waals surface area contributed by atoms with E-state index in [0.717, 1.165) is 16.3 Å². The van der Waals surface area contributed by atoms with Crippen molar-refractivity contribution >= 4 is 27.7 Å². The number of aryl methyl sites for hydroxylation is 1. The number of amides is 1. The van der Waals surface area contributed by atoms with Crippen molar-refractivity contribution in [3.8, 4) is 0 Å². The molecule has 0 unspecified atom stereocenters. The number of sulfonamides is 1. The number of hydrogen-bond acceptors (Lipinski definition) is 5. The number of thioether (sulfide) groups is 1. The predicted octanol–water partition coefficient (Wildman–Crippen LogP) is 2.86. The van der Waals surface area contributed by atoms with Crippen LogP contribution in [-0.4, -0.2) is 43.5 Å². The molecule has 146 valence electrons. The second-order valence-corrected chi connectivity index (χ2v) is 9.44. The standard InChI is InChI=1S/C19H25N3O3S2/c1-5-15-6-8-16(9-7-15)14(2)21-18(23)13-26-19-11-10-17(12-20-19)27(24,25)22(3)4/h6-12,14H,5,13H2,1-4H3,(H,21,23)/t14-/m1/s1. The Balaban J connectivity index is 1.89. The summed E-state index contributed by atoms with van der Waals surface area (Å²) in [7, 11) is -0.551. The van der Waals surface area contributed by atoms with Crippen LogP contribution in [0.3, 0.4) is 0 Å². The maximum atomic E-state index is 12.2. The molecule has 1 aromatic heterocycles. The third-order valence-electron chi connectivity index (χ3n) is 4.10. The lowest BCUT2D eigenvalue weighted by Crippen LogP contribution is -2.28. The predicted molar refractivity (Wildman–Crippen MR) is 108 cm³/mol. The third-order valence-corrected chi connectivity index (χ3v) is 6.85. The summed E-state index contributed by atoms with van der Waals surface area (Å²) in [5, 5.41) is 3.56. The molecule has 0 saturated heterocycles. The Morgan fingerprint density at radius 2 is 1.85 bits per heavy atom. The second kappa shape index (κ2) is 9.34. The molecule has 1 atom stereocenters. The van der Waals surface area contributed by atoms with Crippen LogP contribution in [0.1, 0.15) is 31.0 Å². The molecule has 6 nitrogen and oxygen atoms in total. The molecule has 1 aromatic carbocycles. The smallest absolute Gasteiger partial charge is 0.244 e. The number of benzene rings is 1. The van der Waals surface area contributed by atoms with Crippen molar-refractivity contribution in [2.45, 2.75) is 36.2 Å². The normalized spacial score (nSPS) is 12.8. The highest BCUT2D eigenvalue weighted by atomic mass is 32.2. The number of aromatic nitrogens is 1. The number of carbonyl (C=O) groups is 1. The van der Waals surface area contributed by atoms with Crippen LogP contribution in [-0.2, 0) is 21.2 Å². The van der Waals surface area contributed by atoms with Crippen LogP contribution in [0.4, 0.5) is 0 Å². The number of nitrogens with one attached hydrogen (secondary N) is 1. The Morgan fingerprint density at radius 1 is 1.19 bits per heavy atom. The molecule has 0 aliphatic rings. The molecule has 27 heavy (non-hydrogen) atoms. The lowest BCUT2D eigenvalue weighted by molar-refractivity contribution is -0.119. The summed E-state index contributed by atoms with van der Waals surface area (Å²) in [5.74, 6) is 0.114. The molecule has 0 spiro atoms.